The lowest BCUT2D eigenvalue weighted by molar-refractivity contribution is -0.140. The van der Waals surface area contributed by atoms with E-state index < -0.39 is 28.5 Å². The summed E-state index contributed by atoms with van der Waals surface area (Å²) in [6.07, 6.45) is 1.26. The minimum atomic E-state index is -3.92. The highest BCUT2D eigenvalue weighted by atomic mass is 35.5. The van der Waals surface area contributed by atoms with Crippen LogP contribution in [0.2, 0.25) is 10.0 Å². The minimum absolute atomic E-state index is 0.0886. The van der Waals surface area contributed by atoms with Gasteiger partial charge in [-0.1, -0.05) is 77.8 Å². The largest absolute Gasteiger partial charge is 0.355 e. The molecule has 0 spiro atoms. The highest BCUT2D eigenvalue weighted by Crippen LogP contribution is 2.30. The zero-order valence-corrected chi connectivity index (χ0v) is 23.9. The Hall–Kier alpha value is -3.07. The third-order valence-electron chi connectivity index (χ3n) is 6.08. The molecule has 0 unspecified atom stereocenters. The van der Waals surface area contributed by atoms with Crippen molar-refractivity contribution >= 4 is 50.7 Å². The van der Waals surface area contributed by atoms with Crippen LogP contribution in [0, 0.1) is 6.92 Å². The number of nitrogens with one attached hydrogen (secondary N) is 1. The summed E-state index contributed by atoms with van der Waals surface area (Å²) >= 11 is 12.3. The summed E-state index contributed by atoms with van der Waals surface area (Å²) in [6.45, 7) is 3.68. The zero-order chi connectivity index (χ0) is 27.9. The number of hydrogen-bond donors (Lipinski definition) is 1. The minimum Gasteiger partial charge on any atom is -0.355 e. The molecule has 0 aliphatic rings. The third kappa shape index (κ3) is 7.72. The Morgan fingerprint density at radius 1 is 0.974 bits per heavy atom. The van der Waals surface area contributed by atoms with Crippen molar-refractivity contribution in [1.29, 1.82) is 0 Å². The Labute approximate surface area is 234 Å². The van der Waals surface area contributed by atoms with E-state index >= 15 is 0 Å². The highest BCUT2D eigenvalue weighted by Gasteiger charge is 2.33. The van der Waals surface area contributed by atoms with Crippen LogP contribution in [-0.4, -0.2) is 50.5 Å². The van der Waals surface area contributed by atoms with Crippen LogP contribution in [0.3, 0.4) is 0 Å². The van der Waals surface area contributed by atoms with Crippen molar-refractivity contribution < 1.29 is 18.0 Å². The maximum absolute atomic E-state index is 14.0. The summed E-state index contributed by atoms with van der Waals surface area (Å²) in [5, 5.41) is 3.25. The number of carbonyl (C=O) groups excluding carboxylic acids is 2. The molecule has 0 radical (unpaired) electrons. The van der Waals surface area contributed by atoms with Gasteiger partial charge in [-0.3, -0.25) is 13.9 Å². The van der Waals surface area contributed by atoms with Gasteiger partial charge in [0.1, 0.15) is 12.6 Å². The van der Waals surface area contributed by atoms with E-state index in [1.54, 1.807) is 6.92 Å². The first kappa shape index (κ1) is 29.5. The van der Waals surface area contributed by atoms with Gasteiger partial charge in [0, 0.05) is 24.5 Å². The number of benzene rings is 3. The van der Waals surface area contributed by atoms with Gasteiger partial charge < -0.3 is 10.2 Å². The lowest BCUT2D eigenvalue weighted by atomic mass is 10.0. The molecule has 3 aromatic rings. The summed E-state index contributed by atoms with van der Waals surface area (Å²) in [5.41, 5.74) is 2.78. The molecule has 0 heterocycles. The smallest absolute Gasteiger partial charge is 0.244 e. The summed E-state index contributed by atoms with van der Waals surface area (Å²) in [4.78, 5) is 28.8. The fraction of sp³-hybridized carbons (Fsp3) is 0.286. The van der Waals surface area contributed by atoms with Crippen molar-refractivity contribution in [2.45, 2.75) is 32.9 Å². The molecule has 0 saturated heterocycles. The number of hydrogen-bond acceptors (Lipinski definition) is 4. The fourth-order valence-corrected chi connectivity index (χ4v) is 5.52. The van der Waals surface area contributed by atoms with Crippen LogP contribution in [-0.2, 0) is 32.6 Å². The number of anilines is 1. The van der Waals surface area contributed by atoms with Crippen molar-refractivity contribution in [1.82, 2.24) is 10.2 Å². The van der Waals surface area contributed by atoms with Gasteiger partial charge in [-0.25, -0.2) is 8.42 Å². The zero-order valence-electron chi connectivity index (χ0n) is 21.5. The Balaban J connectivity index is 2.07. The average Bonchev–Trinajstić information content (AvgIpc) is 2.86. The molecular weight excluding hydrogens is 545 g/mol. The molecule has 0 aliphatic heterocycles. The van der Waals surface area contributed by atoms with E-state index in [1.165, 1.54) is 23.1 Å². The van der Waals surface area contributed by atoms with E-state index in [-0.39, 0.29) is 29.6 Å². The highest BCUT2D eigenvalue weighted by molar-refractivity contribution is 7.92. The molecule has 0 aliphatic carbocycles. The molecule has 3 rings (SSSR count). The van der Waals surface area contributed by atoms with Crippen molar-refractivity contribution in [3.05, 3.63) is 99.5 Å². The summed E-state index contributed by atoms with van der Waals surface area (Å²) in [7, 11) is -3.92. The van der Waals surface area contributed by atoms with Crippen molar-refractivity contribution in [3.63, 3.8) is 0 Å². The van der Waals surface area contributed by atoms with Crippen molar-refractivity contribution in [3.8, 4) is 0 Å². The molecule has 1 N–H and O–H groups in total. The van der Waals surface area contributed by atoms with E-state index in [1.807, 2.05) is 61.5 Å². The molecule has 1 atom stereocenters. The summed E-state index contributed by atoms with van der Waals surface area (Å²) in [6, 6.07) is 20.4. The van der Waals surface area contributed by atoms with Crippen LogP contribution in [0.15, 0.2) is 72.8 Å². The molecule has 2 amide bonds. The van der Waals surface area contributed by atoms with E-state index in [2.05, 4.69) is 5.32 Å². The van der Waals surface area contributed by atoms with Gasteiger partial charge in [0.15, 0.2) is 0 Å². The number of nitrogens with zero attached hydrogens (tertiary/aromatic N) is 2. The number of rotatable bonds is 11. The SMILES string of the molecule is CCNC(=O)[C@H](Cc1ccccc1)N(Cc1ccccc1C)C(=O)CN(c1ccc(Cl)cc1Cl)S(C)(=O)=O. The van der Waals surface area contributed by atoms with Crippen LogP contribution < -0.4 is 9.62 Å². The van der Waals surface area contributed by atoms with E-state index in [4.69, 9.17) is 23.2 Å². The van der Waals surface area contributed by atoms with E-state index in [9.17, 15) is 18.0 Å². The predicted molar refractivity (Wildman–Crippen MR) is 153 cm³/mol. The molecule has 38 heavy (non-hydrogen) atoms. The molecule has 3 aromatic carbocycles. The third-order valence-corrected chi connectivity index (χ3v) is 7.75. The number of aryl methyl sites for hydroxylation is 1. The normalized spacial score (nSPS) is 12.0. The summed E-state index contributed by atoms with van der Waals surface area (Å²) in [5.74, 6) is -0.870. The number of sulfonamides is 1. The molecule has 0 bridgehead atoms. The average molecular weight is 577 g/mol. The quantitative estimate of drug-likeness (QED) is 0.354. The fourth-order valence-electron chi connectivity index (χ4n) is 4.10. The van der Waals surface area contributed by atoms with Gasteiger partial charge in [0.05, 0.1) is 17.0 Å². The van der Waals surface area contributed by atoms with Gasteiger partial charge in [-0.05, 0) is 48.7 Å². The lowest BCUT2D eigenvalue weighted by Gasteiger charge is -2.34. The van der Waals surface area contributed by atoms with E-state index in [0.29, 0.717) is 11.6 Å². The van der Waals surface area contributed by atoms with Crippen molar-refractivity contribution in [2.24, 2.45) is 0 Å². The van der Waals surface area contributed by atoms with Crippen LogP contribution >= 0.6 is 23.2 Å². The van der Waals surface area contributed by atoms with E-state index in [0.717, 1.165) is 27.3 Å². The number of amides is 2. The maximum atomic E-state index is 14.0. The Kier molecular flexibility index (Phi) is 10.2. The topological polar surface area (TPSA) is 86.8 Å². The number of likely N-dealkylation sites (N-methyl/N-ethyl adjacent to an activating group) is 1. The molecule has 10 heteroatoms. The number of halogens is 2. The molecule has 0 aromatic heterocycles. The number of carbonyl (C=O) groups is 2. The van der Waals surface area contributed by atoms with Gasteiger partial charge in [0.2, 0.25) is 21.8 Å². The lowest BCUT2D eigenvalue weighted by Crippen LogP contribution is -2.53. The second kappa shape index (κ2) is 13.1. The maximum Gasteiger partial charge on any atom is 0.244 e. The van der Waals surface area contributed by atoms with Crippen LogP contribution in [0.5, 0.6) is 0 Å². The first-order valence-electron chi connectivity index (χ1n) is 12.1. The Morgan fingerprint density at radius 2 is 1.63 bits per heavy atom. The second-order valence-electron chi connectivity index (χ2n) is 8.91. The molecule has 0 fully saturated rings. The van der Waals surface area contributed by atoms with Crippen molar-refractivity contribution in [2.75, 3.05) is 23.7 Å². The Bertz CT molecular complexity index is 1380. The van der Waals surface area contributed by atoms with Gasteiger partial charge in [-0.2, -0.15) is 0 Å². The van der Waals surface area contributed by atoms with Gasteiger partial charge >= 0.3 is 0 Å². The molecule has 202 valence electrons. The van der Waals surface area contributed by atoms with Crippen LogP contribution in [0.4, 0.5) is 5.69 Å². The van der Waals surface area contributed by atoms with Crippen LogP contribution in [0.1, 0.15) is 23.6 Å². The first-order chi connectivity index (χ1) is 18.0. The van der Waals surface area contributed by atoms with Gasteiger partial charge in [-0.15, -0.1) is 0 Å². The molecule has 0 saturated carbocycles. The Morgan fingerprint density at radius 3 is 2.24 bits per heavy atom. The molecule has 7 nitrogen and oxygen atoms in total. The second-order valence-corrected chi connectivity index (χ2v) is 11.7. The first-order valence-corrected chi connectivity index (χ1v) is 14.7. The monoisotopic (exact) mass is 575 g/mol. The van der Waals surface area contributed by atoms with Gasteiger partial charge in [0.25, 0.3) is 0 Å². The summed E-state index contributed by atoms with van der Waals surface area (Å²) < 4.78 is 26.6. The predicted octanol–water partition coefficient (Wildman–Crippen LogP) is 4.84. The van der Waals surface area contributed by atoms with Crippen LogP contribution in [0.25, 0.3) is 0 Å². The molecular formula is C28H31Cl2N3O4S. The standard InChI is InChI=1S/C28H31Cl2N3O4S/c1-4-31-28(35)26(16-21-11-6-5-7-12-21)32(18-22-13-9-8-10-20(22)2)27(34)19-33(38(3,36)37)25-15-14-23(29)17-24(25)30/h5-15,17,26H,4,16,18-19H2,1-3H3,(H,31,35)/t26-/m0/s1.